The summed E-state index contributed by atoms with van der Waals surface area (Å²) in [5.41, 5.74) is 6.87. The minimum atomic E-state index is -0.720. The van der Waals surface area contributed by atoms with E-state index >= 15 is 0 Å². The summed E-state index contributed by atoms with van der Waals surface area (Å²) in [6, 6.07) is 14.1. The second kappa shape index (κ2) is 13.4. The van der Waals surface area contributed by atoms with Crippen LogP contribution in [0.2, 0.25) is 0 Å². The Labute approximate surface area is 241 Å². The van der Waals surface area contributed by atoms with E-state index in [1.807, 2.05) is 44.2 Å². The van der Waals surface area contributed by atoms with Crippen LogP contribution in [-0.2, 0) is 18.4 Å². The molecule has 0 saturated carbocycles. The highest BCUT2D eigenvalue weighted by Crippen LogP contribution is 2.37. The molecule has 1 aromatic heterocycles. The maximum absolute atomic E-state index is 10.2. The summed E-state index contributed by atoms with van der Waals surface area (Å²) in [4.78, 5) is 8.46. The lowest BCUT2D eigenvalue weighted by molar-refractivity contribution is -0.989. The number of hydrogen-bond donors (Lipinski definition) is 3. The number of nitriles is 1. The molecule has 0 bridgehead atoms. The third-order valence-corrected chi connectivity index (χ3v) is 7.24. The van der Waals surface area contributed by atoms with Crippen molar-refractivity contribution in [2.45, 2.75) is 65.5 Å². The third-order valence-electron chi connectivity index (χ3n) is 6.52. The minimum absolute atomic E-state index is 0.200. The SMILES string of the molecule is CCCc1cc(C(C)(C)c2ccc(OCc3cnc(N[N+](O)(S)C(C)C)nc3)cc2)cc(C#N)c1OCCCl. The van der Waals surface area contributed by atoms with Crippen molar-refractivity contribution in [1.29, 1.82) is 5.26 Å². The van der Waals surface area contributed by atoms with Crippen LogP contribution in [0.15, 0.2) is 48.8 Å². The highest BCUT2D eigenvalue weighted by atomic mass is 35.5. The number of hydrogen-bond acceptors (Lipinski definition) is 8. The Morgan fingerprint density at radius 1 is 1.13 bits per heavy atom. The van der Waals surface area contributed by atoms with Crippen LogP contribution in [0, 0.1) is 11.3 Å². The van der Waals surface area contributed by atoms with Crippen LogP contribution in [0.25, 0.3) is 0 Å². The van der Waals surface area contributed by atoms with Gasteiger partial charge in [-0.25, -0.2) is 9.97 Å². The van der Waals surface area contributed by atoms with E-state index in [1.165, 1.54) is 0 Å². The predicted octanol–water partition coefficient (Wildman–Crippen LogP) is 6.61. The Hall–Kier alpha value is -3.03. The number of nitrogens with zero attached hydrogens (tertiary/aromatic N) is 4. The highest BCUT2D eigenvalue weighted by Gasteiger charge is 2.28. The van der Waals surface area contributed by atoms with E-state index in [4.69, 9.17) is 21.1 Å². The number of hydroxylamine groups is 1. The van der Waals surface area contributed by atoms with Gasteiger partial charge in [0, 0.05) is 23.4 Å². The van der Waals surface area contributed by atoms with E-state index in [9.17, 15) is 10.5 Å². The third kappa shape index (κ3) is 7.76. The molecule has 0 aliphatic carbocycles. The zero-order valence-corrected chi connectivity index (χ0v) is 24.8. The van der Waals surface area contributed by atoms with Crippen LogP contribution >= 0.6 is 24.4 Å². The summed E-state index contributed by atoms with van der Waals surface area (Å²) in [6.45, 7) is 10.7. The number of halogens is 1. The average Bonchev–Trinajstić information content (AvgIpc) is 2.91. The van der Waals surface area contributed by atoms with Gasteiger partial charge in [0.1, 0.15) is 43.6 Å². The van der Waals surface area contributed by atoms with Gasteiger partial charge in [-0.3, -0.25) is 0 Å². The summed E-state index contributed by atoms with van der Waals surface area (Å²) in [6.07, 6.45) is 5.04. The molecule has 3 rings (SSSR count). The molecule has 3 aromatic rings. The van der Waals surface area contributed by atoms with Crippen molar-refractivity contribution in [2.24, 2.45) is 0 Å². The van der Waals surface area contributed by atoms with Crippen molar-refractivity contribution in [3.8, 4) is 17.6 Å². The average molecular weight is 571 g/mol. The van der Waals surface area contributed by atoms with Gasteiger partial charge >= 0.3 is 0 Å². The second-order valence-corrected chi connectivity index (χ2v) is 11.1. The Balaban J connectivity index is 1.73. The molecule has 8 nitrogen and oxygen atoms in total. The van der Waals surface area contributed by atoms with Crippen LogP contribution in [0.3, 0.4) is 0 Å². The molecule has 0 spiro atoms. The molecular formula is C29H37ClN5O3S+. The molecule has 1 unspecified atom stereocenters. The lowest BCUT2D eigenvalue weighted by Crippen LogP contribution is -2.46. The molecule has 39 heavy (non-hydrogen) atoms. The molecule has 2 aromatic carbocycles. The highest BCUT2D eigenvalue weighted by molar-refractivity contribution is 7.74. The van der Waals surface area contributed by atoms with E-state index < -0.39 is 4.16 Å². The quantitative estimate of drug-likeness (QED) is 0.0920. The lowest BCUT2D eigenvalue weighted by Gasteiger charge is -2.28. The number of nitrogens with one attached hydrogen (secondary N) is 1. The van der Waals surface area contributed by atoms with Crippen LogP contribution in [0.4, 0.5) is 5.95 Å². The first-order chi connectivity index (χ1) is 18.5. The van der Waals surface area contributed by atoms with Gasteiger partial charge in [-0.05, 0) is 59.3 Å². The lowest BCUT2D eigenvalue weighted by atomic mass is 9.76. The van der Waals surface area contributed by atoms with Gasteiger partial charge in [0.25, 0.3) is 5.95 Å². The standard InChI is InChI=1S/C29H37ClN5O3S/c1-6-7-22-14-25(15-23(16-31)27(22)37-13-12-30)29(4,5)24-8-10-26(11-9-24)38-19-21-17-32-28(33-18-21)34-35(36,39)20(2)3/h8-11,14-15,17-18,20,36,39H,6-7,12-13,19H2,1-5H3,(H,32,33,34)/q+1. The van der Waals surface area contributed by atoms with Gasteiger partial charge in [-0.2, -0.15) is 15.9 Å². The normalized spacial score (nSPS) is 13.0. The number of aromatic nitrogens is 2. The number of alkyl halides is 1. The Bertz CT molecular complexity index is 1280. The minimum Gasteiger partial charge on any atom is -0.491 e. The molecule has 0 aliphatic heterocycles. The zero-order chi connectivity index (χ0) is 28.6. The molecule has 1 heterocycles. The Morgan fingerprint density at radius 2 is 1.79 bits per heavy atom. The van der Waals surface area contributed by atoms with Gasteiger partial charge in [0.05, 0.1) is 11.4 Å². The zero-order valence-electron chi connectivity index (χ0n) is 23.1. The van der Waals surface area contributed by atoms with Crippen molar-refractivity contribution in [1.82, 2.24) is 9.97 Å². The van der Waals surface area contributed by atoms with Crippen molar-refractivity contribution >= 4 is 30.4 Å². The fourth-order valence-corrected chi connectivity index (χ4v) is 4.13. The van der Waals surface area contributed by atoms with Crippen LogP contribution in [0.1, 0.15) is 68.9 Å². The molecular weight excluding hydrogens is 534 g/mol. The number of aryl methyl sites for hydroxylation is 1. The second-order valence-electron chi connectivity index (χ2n) is 10.1. The smallest absolute Gasteiger partial charge is 0.273 e. The van der Waals surface area contributed by atoms with E-state index in [0.29, 0.717) is 36.2 Å². The van der Waals surface area contributed by atoms with Crippen molar-refractivity contribution in [3.63, 3.8) is 0 Å². The molecule has 2 N–H and O–H groups in total. The first-order valence-corrected chi connectivity index (χ1v) is 13.9. The van der Waals surface area contributed by atoms with Crippen molar-refractivity contribution < 1.29 is 18.8 Å². The first-order valence-electron chi connectivity index (χ1n) is 12.9. The summed E-state index contributed by atoms with van der Waals surface area (Å²) in [7, 11) is 0. The molecule has 10 heteroatoms. The van der Waals surface area contributed by atoms with E-state index in [1.54, 1.807) is 12.4 Å². The van der Waals surface area contributed by atoms with Crippen LogP contribution in [0.5, 0.6) is 11.5 Å². The monoisotopic (exact) mass is 570 g/mol. The molecule has 0 aliphatic rings. The van der Waals surface area contributed by atoms with Crippen molar-refractivity contribution in [2.75, 3.05) is 17.9 Å². The molecule has 208 valence electrons. The van der Waals surface area contributed by atoms with E-state index in [2.05, 4.69) is 61.1 Å². The summed E-state index contributed by atoms with van der Waals surface area (Å²) in [5, 5.41) is 20.0. The fourth-order valence-electron chi connectivity index (χ4n) is 3.96. The van der Waals surface area contributed by atoms with Crippen LogP contribution < -0.4 is 14.9 Å². The summed E-state index contributed by atoms with van der Waals surface area (Å²) in [5.74, 6) is 1.98. The fraction of sp³-hybridized carbons (Fsp3) is 0.414. The largest absolute Gasteiger partial charge is 0.491 e. The van der Waals surface area contributed by atoms with Gasteiger partial charge in [0.15, 0.2) is 6.04 Å². The first kappa shape index (κ1) is 30.5. The summed E-state index contributed by atoms with van der Waals surface area (Å²) >= 11 is 9.98. The van der Waals surface area contributed by atoms with Gasteiger partial charge in [-0.1, -0.05) is 45.4 Å². The van der Waals surface area contributed by atoms with Gasteiger partial charge < -0.3 is 9.47 Å². The van der Waals surface area contributed by atoms with Gasteiger partial charge in [0.2, 0.25) is 0 Å². The maximum atomic E-state index is 10.2. The molecule has 0 fully saturated rings. The van der Waals surface area contributed by atoms with Crippen molar-refractivity contribution in [3.05, 3.63) is 76.6 Å². The number of rotatable bonds is 13. The van der Waals surface area contributed by atoms with Gasteiger partial charge in [-0.15, -0.1) is 11.6 Å². The molecule has 0 amide bonds. The predicted molar refractivity (Wildman–Crippen MR) is 156 cm³/mol. The maximum Gasteiger partial charge on any atom is 0.273 e. The number of benzene rings is 2. The number of quaternary nitrogens is 1. The Kier molecular flexibility index (Phi) is 10.4. The number of anilines is 1. The van der Waals surface area contributed by atoms with Crippen LogP contribution in [-0.4, -0.2) is 37.9 Å². The topological polar surface area (TPSA) is 100 Å². The summed E-state index contributed by atoms with van der Waals surface area (Å²) < 4.78 is 11.1. The Morgan fingerprint density at radius 3 is 2.36 bits per heavy atom. The molecule has 0 radical (unpaired) electrons. The molecule has 1 atom stereocenters. The van der Waals surface area contributed by atoms with E-state index in [0.717, 1.165) is 35.1 Å². The number of ether oxygens (including phenoxy) is 2. The van der Waals surface area contributed by atoms with E-state index in [-0.39, 0.29) is 17.4 Å². The molecule has 0 saturated heterocycles. The number of thiol groups is 1.